The zero-order chi connectivity index (χ0) is 16.1. The van der Waals surface area contributed by atoms with Crippen LogP contribution in [0.4, 0.5) is 5.69 Å². The minimum Gasteiger partial charge on any atom is -0.336 e. The number of carbonyl (C=O) groups excluding carboxylic acids is 2. The molecule has 0 aliphatic rings. The average molecular weight is 316 g/mol. The molecule has 0 atom stereocenters. The molecule has 0 aliphatic heterocycles. The summed E-state index contributed by atoms with van der Waals surface area (Å²) in [6.07, 6.45) is 0.338. The van der Waals surface area contributed by atoms with Gasteiger partial charge >= 0.3 is 0 Å². The Morgan fingerprint density at radius 1 is 1.14 bits per heavy atom. The molecule has 116 valence electrons. The van der Waals surface area contributed by atoms with E-state index in [-0.39, 0.29) is 18.4 Å². The molecule has 2 rings (SSSR count). The molecule has 0 aliphatic carbocycles. The van der Waals surface area contributed by atoms with Crippen molar-refractivity contribution in [2.24, 2.45) is 0 Å². The van der Waals surface area contributed by atoms with Gasteiger partial charge in [0.25, 0.3) is 0 Å². The second kappa shape index (κ2) is 7.22. The summed E-state index contributed by atoms with van der Waals surface area (Å²) in [6, 6.07) is 9.70. The monoisotopic (exact) mass is 316 g/mol. The molecule has 4 nitrogen and oxygen atoms in total. The van der Waals surface area contributed by atoms with E-state index in [9.17, 15) is 9.59 Å². The highest BCUT2D eigenvalue weighted by Crippen LogP contribution is 2.19. The van der Waals surface area contributed by atoms with Crippen LogP contribution >= 0.6 is 11.3 Å². The summed E-state index contributed by atoms with van der Waals surface area (Å²) < 4.78 is 0. The first-order valence-electron chi connectivity index (χ1n) is 7.10. The minimum absolute atomic E-state index is 0.0536. The van der Waals surface area contributed by atoms with E-state index in [1.54, 1.807) is 18.4 Å². The molecule has 1 aromatic heterocycles. The highest BCUT2D eigenvalue weighted by molar-refractivity contribution is 7.10. The zero-order valence-electron chi connectivity index (χ0n) is 13.1. The van der Waals surface area contributed by atoms with E-state index in [0.717, 1.165) is 21.7 Å². The first kappa shape index (κ1) is 16.2. The van der Waals surface area contributed by atoms with Gasteiger partial charge in [0.15, 0.2) is 0 Å². The van der Waals surface area contributed by atoms with Crippen molar-refractivity contribution in [1.29, 1.82) is 0 Å². The Balaban J connectivity index is 1.92. The predicted molar refractivity (Wildman–Crippen MR) is 90.2 cm³/mol. The lowest BCUT2D eigenvalue weighted by molar-refractivity contribution is -0.132. The summed E-state index contributed by atoms with van der Waals surface area (Å²) in [7, 11) is 1.65. The molecule has 1 heterocycles. The number of nitrogens with one attached hydrogen (secondary N) is 1. The lowest BCUT2D eigenvalue weighted by Crippen LogP contribution is -2.35. The quantitative estimate of drug-likeness (QED) is 0.922. The summed E-state index contributed by atoms with van der Waals surface area (Å²) in [4.78, 5) is 26.7. The Morgan fingerprint density at radius 3 is 2.41 bits per heavy atom. The maximum absolute atomic E-state index is 12.1. The number of amides is 2. The molecule has 2 amide bonds. The molecule has 1 aromatic carbocycles. The topological polar surface area (TPSA) is 49.4 Å². The van der Waals surface area contributed by atoms with Crippen LogP contribution in [0.1, 0.15) is 16.0 Å². The van der Waals surface area contributed by atoms with Crippen LogP contribution in [0.3, 0.4) is 0 Å². The zero-order valence-corrected chi connectivity index (χ0v) is 13.9. The van der Waals surface area contributed by atoms with Crippen molar-refractivity contribution in [3.05, 3.63) is 51.7 Å². The number of hydrogen-bond donors (Lipinski definition) is 1. The van der Waals surface area contributed by atoms with E-state index in [4.69, 9.17) is 0 Å². The predicted octanol–water partition coefficient (Wildman–Crippen LogP) is 3.00. The average Bonchev–Trinajstić information content (AvgIpc) is 2.96. The normalized spacial score (nSPS) is 10.3. The SMILES string of the molecule is Cc1cccc(C)c1NC(=O)CN(C)C(=O)Cc1cccs1. The molecule has 0 saturated heterocycles. The van der Waals surface area contributed by atoms with Crippen LogP contribution < -0.4 is 5.32 Å². The maximum atomic E-state index is 12.1. The summed E-state index contributed by atoms with van der Waals surface area (Å²) in [5.74, 6) is -0.237. The Hall–Kier alpha value is -2.14. The number of para-hydroxylation sites is 1. The number of nitrogens with zero attached hydrogens (tertiary/aromatic N) is 1. The van der Waals surface area contributed by atoms with Gasteiger partial charge in [0.1, 0.15) is 0 Å². The molecule has 0 bridgehead atoms. The van der Waals surface area contributed by atoms with Crippen LogP contribution in [0.2, 0.25) is 0 Å². The van der Waals surface area contributed by atoms with E-state index < -0.39 is 0 Å². The largest absolute Gasteiger partial charge is 0.336 e. The fraction of sp³-hybridized carbons (Fsp3) is 0.294. The van der Waals surface area contributed by atoms with Crippen LogP contribution in [-0.4, -0.2) is 30.3 Å². The van der Waals surface area contributed by atoms with Gasteiger partial charge in [0.2, 0.25) is 11.8 Å². The lowest BCUT2D eigenvalue weighted by Gasteiger charge is -2.18. The van der Waals surface area contributed by atoms with E-state index in [1.165, 1.54) is 4.90 Å². The van der Waals surface area contributed by atoms with Crippen LogP contribution in [-0.2, 0) is 16.0 Å². The number of carbonyl (C=O) groups is 2. The Bertz CT molecular complexity index is 645. The van der Waals surface area contributed by atoms with E-state index >= 15 is 0 Å². The molecule has 0 spiro atoms. The third-order valence-electron chi connectivity index (χ3n) is 3.46. The fourth-order valence-electron chi connectivity index (χ4n) is 2.19. The van der Waals surface area contributed by atoms with Gasteiger partial charge in [-0.3, -0.25) is 9.59 Å². The molecule has 5 heteroatoms. The number of thiophene rings is 1. The summed E-state index contributed by atoms with van der Waals surface area (Å²) in [5.41, 5.74) is 2.86. The third kappa shape index (κ3) is 4.18. The highest BCUT2D eigenvalue weighted by Gasteiger charge is 2.15. The summed E-state index contributed by atoms with van der Waals surface area (Å²) in [6.45, 7) is 3.96. The van der Waals surface area contributed by atoms with Gasteiger partial charge in [-0.2, -0.15) is 0 Å². The van der Waals surface area contributed by atoms with Crippen molar-refractivity contribution in [2.75, 3.05) is 18.9 Å². The van der Waals surface area contributed by atoms with Crippen molar-refractivity contribution in [2.45, 2.75) is 20.3 Å². The van der Waals surface area contributed by atoms with Crippen LogP contribution in [0.5, 0.6) is 0 Å². The molecule has 22 heavy (non-hydrogen) atoms. The first-order chi connectivity index (χ1) is 10.5. The highest BCUT2D eigenvalue weighted by atomic mass is 32.1. The molecule has 0 saturated carbocycles. The molecule has 0 fully saturated rings. The summed E-state index contributed by atoms with van der Waals surface area (Å²) in [5, 5.41) is 4.83. The number of anilines is 1. The minimum atomic E-state index is -0.181. The third-order valence-corrected chi connectivity index (χ3v) is 4.33. The van der Waals surface area contributed by atoms with Gasteiger partial charge in [0.05, 0.1) is 13.0 Å². The second-order valence-corrected chi connectivity index (χ2v) is 6.35. The van der Waals surface area contributed by atoms with Crippen LogP contribution in [0, 0.1) is 13.8 Å². The molecular formula is C17H20N2O2S. The fourth-order valence-corrected chi connectivity index (χ4v) is 2.89. The number of hydrogen-bond acceptors (Lipinski definition) is 3. The van der Waals surface area contributed by atoms with Crippen LogP contribution in [0.15, 0.2) is 35.7 Å². The maximum Gasteiger partial charge on any atom is 0.243 e. The van der Waals surface area contributed by atoms with Gasteiger partial charge < -0.3 is 10.2 Å². The molecule has 0 unspecified atom stereocenters. The standard InChI is InChI=1S/C17H20N2O2S/c1-12-6-4-7-13(2)17(12)18-15(20)11-19(3)16(21)10-14-8-5-9-22-14/h4-9H,10-11H2,1-3H3,(H,18,20). The molecule has 0 radical (unpaired) electrons. The van der Waals surface area contributed by atoms with E-state index in [2.05, 4.69) is 5.32 Å². The smallest absolute Gasteiger partial charge is 0.243 e. The lowest BCUT2D eigenvalue weighted by atomic mass is 10.1. The second-order valence-electron chi connectivity index (χ2n) is 5.32. The Morgan fingerprint density at radius 2 is 1.82 bits per heavy atom. The number of aryl methyl sites for hydroxylation is 2. The van der Waals surface area contributed by atoms with Crippen molar-refractivity contribution < 1.29 is 9.59 Å². The number of rotatable bonds is 5. The van der Waals surface area contributed by atoms with Gasteiger partial charge in [-0.15, -0.1) is 11.3 Å². The van der Waals surface area contributed by atoms with Gasteiger partial charge in [-0.05, 0) is 36.4 Å². The Labute approximate surface area is 134 Å². The number of likely N-dealkylation sites (N-methyl/N-ethyl adjacent to an activating group) is 1. The Kier molecular flexibility index (Phi) is 5.33. The van der Waals surface area contributed by atoms with Crippen LogP contribution in [0.25, 0.3) is 0 Å². The molecule has 1 N–H and O–H groups in total. The van der Waals surface area contributed by atoms with Gasteiger partial charge in [-0.1, -0.05) is 24.3 Å². The molecule has 2 aromatic rings. The van der Waals surface area contributed by atoms with Crippen molar-refractivity contribution >= 4 is 28.8 Å². The van der Waals surface area contributed by atoms with E-state index in [1.807, 2.05) is 49.6 Å². The van der Waals surface area contributed by atoms with E-state index in [0.29, 0.717) is 6.42 Å². The van der Waals surface area contributed by atoms with Crippen molar-refractivity contribution in [1.82, 2.24) is 4.90 Å². The van der Waals surface area contributed by atoms with Gasteiger partial charge in [-0.25, -0.2) is 0 Å². The first-order valence-corrected chi connectivity index (χ1v) is 7.97. The number of benzene rings is 1. The van der Waals surface area contributed by atoms with Crippen molar-refractivity contribution in [3.8, 4) is 0 Å². The van der Waals surface area contributed by atoms with Crippen molar-refractivity contribution in [3.63, 3.8) is 0 Å². The summed E-state index contributed by atoms with van der Waals surface area (Å²) >= 11 is 1.55. The van der Waals surface area contributed by atoms with Gasteiger partial charge in [0, 0.05) is 17.6 Å². The molecular weight excluding hydrogens is 296 g/mol.